The van der Waals surface area contributed by atoms with E-state index in [0.717, 1.165) is 11.1 Å². The number of hydrogen-bond acceptors (Lipinski definition) is 6. The zero-order valence-corrected chi connectivity index (χ0v) is 16.4. The van der Waals surface area contributed by atoms with Crippen LogP contribution in [0.1, 0.15) is 23.4 Å². The second kappa shape index (κ2) is 9.56. The monoisotopic (exact) mass is 399 g/mol. The largest absolute Gasteiger partial charge is 0.339 e. The lowest BCUT2D eigenvalue weighted by atomic mass is 10.1. The molecule has 0 aliphatic rings. The van der Waals surface area contributed by atoms with Gasteiger partial charge in [-0.15, -0.1) is 0 Å². The molecular weight excluding hydrogens is 378 g/mol. The van der Waals surface area contributed by atoms with Gasteiger partial charge in [0.25, 0.3) is 0 Å². The van der Waals surface area contributed by atoms with Crippen molar-refractivity contribution in [3.8, 4) is 11.6 Å². The molecule has 7 heteroatoms. The Hall–Kier alpha value is -3.87. The normalized spacial score (nSPS) is 10.7. The number of nitrogens with zero attached hydrogens (tertiary/aromatic N) is 5. The standard InChI is InChI=1S/C23H21N5O2/c29-21(13-12-20-26-23(27-30-20)22-24-14-7-15-25-22)28(16-18-8-3-1-4-9-18)17-19-10-5-2-6-11-19/h1-11,14-15H,12-13,16-17H2. The van der Waals surface area contributed by atoms with Crippen molar-refractivity contribution in [3.63, 3.8) is 0 Å². The Labute approximate surface area is 174 Å². The minimum atomic E-state index is 0.0263. The van der Waals surface area contributed by atoms with Gasteiger partial charge in [0.2, 0.25) is 23.4 Å². The van der Waals surface area contributed by atoms with Crippen LogP contribution in [-0.2, 0) is 24.3 Å². The molecule has 1 amide bonds. The maximum absolute atomic E-state index is 13.0. The molecule has 0 N–H and O–H groups in total. The van der Waals surface area contributed by atoms with Crippen molar-refractivity contribution in [1.82, 2.24) is 25.0 Å². The van der Waals surface area contributed by atoms with Gasteiger partial charge in [-0.1, -0.05) is 65.8 Å². The van der Waals surface area contributed by atoms with E-state index in [9.17, 15) is 4.79 Å². The van der Waals surface area contributed by atoms with Crippen LogP contribution >= 0.6 is 0 Å². The molecule has 0 unspecified atom stereocenters. The van der Waals surface area contributed by atoms with E-state index in [-0.39, 0.29) is 12.3 Å². The highest BCUT2D eigenvalue weighted by molar-refractivity contribution is 5.76. The Balaban J connectivity index is 1.43. The van der Waals surface area contributed by atoms with Crippen molar-refractivity contribution in [3.05, 3.63) is 96.1 Å². The summed E-state index contributed by atoms with van der Waals surface area (Å²) in [6.07, 6.45) is 3.87. The molecule has 0 aliphatic carbocycles. The van der Waals surface area contributed by atoms with Crippen molar-refractivity contribution < 1.29 is 9.32 Å². The van der Waals surface area contributed by atoms with Crippen LogP contribution in [-0.4, -0.2) is 30.9 Å². The van der Waals surface area contributed by atoms with Crippen LogP contribution in [0.25, 0.3) is 11.6 Å². The van der Waals surface area contributed by atoms with E-state index in [2.05, 4.69) is 20.1 Å². The summed E-state index contributed by atoms with van der Waals surface area (Å²) in [5.74, 6) is 1.14. The van der Waals surface area contributed by atoms with E-state index in [1.54, 1.807) is 18.5 Å². The van der Waals surface area contributed by atoms with Crippen LogP contribution in [0.3, 0.4) is 0 Å². The first-order valence-corrected chi connectivity index (χ1v) is 9.73. The highest BCUT2D eigenvalue weighted by Crippen LogP contribution is 2.14. The lowest BCUT2D eigenvalue weighted by Gasteiger charge is -2.23. The minimum absolute atomic E-state index is 0.0263. The lowest BCUT2D eigenvalue weighted by Crippen LogP contribution is -2.30. The highest BCUT2D eigenvalue weighted by Gasteiger charge is 2.17. The van der Waals surface area contributed by atoms with Crippen LogP contribution in [0.2, 0.25) is 0 Å². The Kier molecular flexibility index (Phi) is 6.19. The summed E-state index contributed by atoms with van der Waals surface area (Å²) < 4.78 is 5.27. The van der Waals surface area contributed by atoms with Crippen LogP contribution < -0.4 is 0 Å². The molecule has 2 aromatic carbocycles. The smallest absolute Gasteiger partial charge is 0.240 e. The molecule has 0 bridgehead atoms. The first-order valence-electron chi connectivity index (χ1n) is 9.73. The molecule has 150 valence electrons. The van der Waals surface area contributed by atoms with Gasteiger partial charge in [-0.3, -0.25) is 4.79 Å². The van der Waals surface area contributed by atoms with Crippen LogP contribution in [0.15, 0.2) is 83.6 Å². The SMILES string of the molecule is O=C(CCc1nc(-c2ncccn2)no1)N(Cc1ccccc1)Cc1ccccc1. The molecule has 2 heterocycles. The second-order valence-electron chi connectivity index (χ2n) is 6.81. The maximum atomic E-state index is 13.0. The number of carbonyl (C=O) groups excluding carboxylic acids is 1. The maximum Gasteiger partial charge on any atom is 0.240 e. The van der Waals surface area contributed by atoms with Gasteiger partial charge in [-0.05, 0) is 17.2 Å². The second-order valence-corrected chi connectivity index (χ2v) is 6.81. The third kappa shape index (κ3) is 5.14. The van der Waals surface area contributed by atoms with Gasteiger partial charge in [0.15, 0.2) is 0 Å². The summed E-state index contributed by atoms with van der Waals surface area (Å²) in [7, 11) is 0. The molecule has 30 heavy (non-hydrogen) atoms. The van der Waals surface area contributed by atoms with Crippen molar-refractivity contribution in [2.75, 3.05) is 0 Å². The minimum Gasteiger partial charge on any atom is -0.339 e. The van der Waals surface area contributed by atoms with Gasteiger partial charge in [0, 0.05) is 38.3 Å². The van der Waals surface area contributed by atoms with Gasteiger partial charge in [-0.2, -0.15) is 4.98 Å². The highest BCUT2D eigenvalue weighted by atomic mass is 16.5. The first-order chi connectivity index (χ1) is 14.8. The van der Waals surface area contributed by atoms with Gasteiger partial charge >= 0.3 is 0 Å². The summed E-state index contributed by atoms with van der Waals surface area (Å²) in [5.41, 5.74) is 2.17. The van der Waals surface area contributed by atoms with E-state index < -0.39 is 0 Å². The average molecular weight is 399 g/mol. The van der Waals surface area contributed by atoms with Gasteiger partial charge in [0.1, 0.15) is 0 Å². The van der Waals surface area contributed by atoms with Crippen LogP contribution in [0.4, 0.5) is 0 Å². The van der Waals surface area contributed by atoms with Crippen molar-refractivity contribution in [2.45, 2.75) is 25.9 Å². The molecule has 2 aromatic heterocycles. The number of hydrogen-bond donors (Lipinski definition) is 0. The van der Waals surface area contributed by atoms with E-state index in [1.165, 1.54) is 0 Å². The predicted molar refractivity (Wildman–Crippen MR) is 111 cm³/mol. The Morgan fingerprint density at radius 3 is 2.00 bits per heavy atom. The quantitative estimate of drug-likeness (QED) is 0.449. The summed E-state index contributed by atoms with van der Waals surface area (Å²) in [4.78, 5) is 27.4. The molecule has 4 aromatic rings. The Morgan fingerprint density at radius 2 is 1.40 bits per heavy atom. The topological polar surface area (TPSA) is 85.0 Å². The van der Waals surface area contributed by atoms with Crippen molar-refractivity contribution in [1.29, 1.82) is 0 Å². The summed E-state index contributed by atoms with van der Waals surface area (Å²) in [6, 6.07) is 21.7. The number of aryl methyl sites for hydroxylation is 1. The molecule has 4 rings (SSSR count). The van der Waals surface area contributed by atoms with Gasteiger partial charge < -0.3 is 9.42 Å². The van der Waals surface area contributed by atoms with E-state index in [4.69, 9.17) is 4.52 Å². The molecule has 0 saturated heterocycles. The number of amides is 1. The Morgan fingerprint density at radius 1 is 0.800 bits per heavy atom. The molecule has 0 atom stereocenters. The molecule has 0 aliphatic heterocycles. The molecule has 0 spiro atoms. The zero-order chi connectivity index (χ0) is 20.6. The van der Waals surface area contributed by atoms with Crippen LogP contribution in [0, 0.1) is 0 Å². The van der Waals surface area contributed by atoms with Gasteiger partial charge in [-0.25, -0.2) is 9.97 Å². The summed E-state index contributed by atoms with van der Waals surface area (Å²) in [6.45, 7) is 1.09. The molecular formula is C23H21N5O2. The number of benzene rings is 2. The number of aromatic nitrogens is 4. The first kappa shape index (κ1) is 19.4. The Bertz CT molecular complexity index is 1030. The molecule has 0 fully saturated rings. The van der Waals surface area contributed by atoms with E-state index in [1.807, 2.05) is 65.6 Å². The van der Waals surface area contributed by atoms with Crippen LogP contribution in [0.5, 0.6) is 0 Å². The average Bonchev–Trinajstić information content (AvgIpc) is 3.28. The fraction of sp³-hybridized carbons (Fsp3) is 0.174. The lowest BCUT2D eigenvalue weighted by molar-refractivity contribution is -0.132. The number of carbonyl (C=O) groups is 1. The summed E-state index contributed by atoms with van der Waals surface area (Å²) in [5, 5.41) is 3.91. The predicted octanol–water partition coefficient (Wildman–Crippen LogP) is 3.69. The number of rotatable bonds is 8. The van der Waals surface area contributed by atoms with E-state index >= 15 is 0 Å². The fourth-order valence-corrected chi connectivity index (χ4v) is 3.07. The van der Waals surface area contributed by atoms with Crippen molar-refractivity contribution >= 4 is 5.91 Å². The van der Waals surface area contributed by atoms with Gasteiger partial charge in [0.05, 0.1) is 0 Å². The third-order valence-corrected chi connectivity index (χ3v) is 4.57. The molecule has 0 saturated carbocycles. The molecule has 7 nitrogen and oxygen atoms in total. The fourth-order valence-electron chi connectivity index (χ4n) is 3.07. The van der Waals surface area contributed by atoms with E-state index in [0.29, 0.717) is 37.0 Å². The zero-order valence-electron chi connectivity index (χ0n) is 16.4. The van der Waals surface area contributed by atoms with Crippen molar-refractivity contribution in [2.24, 2.45) is 0 Å². The molecule has 0 radical (unpaired) electrons. The summed E-state index contributed by atoms with van der Waals surface area (Å²) >= 11 is 0. The third-order valence-electron chi connectivity index (χ3n) is 4.57.